The number of hydrogen-bond donors (Lipinski definition) is 0. The smallest absolute Gasteiger partial charge is 0.257 e. The molecule has 1 amide bonds. The Labute approximate surface area is 263 Å². The summed E-state index contributed by atoms with van der Waals surface area (Å²) in [7, 11) is 1.65. The number of unbranched alkanes of at least 4 members (excludes halogenated alkanes) is 1. The zero-order valence-corrected chi connectivity index (χ0v) is 27.1. The fourth-order valence-electron chi connectivity index (χ4n) is 6.68. The minimum absolute atomic E-state index is 0.0164. The highest BCUT2D eigenvalue weighted by Crippen LogP contribution is 2.28. The molecule has 4 nitrogen and oxygen atoms in total. The van der Waals surface area contributed by atoms with Gasteiger partial charge in [-0.3, -0.25) is 4.79 Å². The first kappa shape index (κ1) is 31.3. The Morgan fingerprint density at radius 3 is 1.95 bits per heavy atom. The monoisotopic (exact) mass is 587 g/mol. The quantitative estimate of drug-likeness (QED) is 0.102. The van der Waals surface area contributed by atoms with Crippen molar-refractivity contribution in [2.75, 3.05) is 33.3 Å². The van der Waals surface area contributed by atoms with E-state index in [4.69, 9.17) is 4.74 Å². The number of nitrogens with zero attached hydrogens (tertiary/aromatic N) is 2. The van der Waals surface area contributed by atoms with E-state index in [1.54, 1.807) is 7.11 Å². The lowest BCUT2D eigenvalue weighted by Gasteiger charge is -2.37. The van der Waals surface area contributed by atoms with Gasteiger partial charge in [-0.15, -0.1) is 0 Å². The Hall–Kier alpha value is -4.15. The van der Waals surface area contributed by atoms with Crippen LogP contribution in [-0.2, 0) is 13.1 Å². The number of ether oxygens (including phenoxy) is 1. The topological polar surface area (TPSA) is 29.5 Å². The van der Waals surface area contributed by atoms with Crippen LogP contribution in [0.4, 0.5) is 0 Å². The summed E-state index contributed by atoms with van der Waals surface area (Å²) in [6, 6.07) is 34.0. The molecule has 0 aromatic heterocycles. The maximum Gasteiger partial charge on any atom is 0.257 e. The molecule has 0 spiro atoms. The third-order valence-corrected chi connectivity index (χ3v) is 9.22. The van der Waals surface area contributed by atoms with Crippen LogP contribution in [0.15, 0.2) is 97.1 Å². The van der Waals surface area contributed by atoms with E-state index in [2.05, 4.69) is 100 Å². The number of quaternary nitrogens is 1. The normalized spacial score (nSPS) is 11.7. The summed E-state index contributed by atoms with van der Waals surface area (Å²) >= 11 is 0. The van der Waals surface area contributed by atoms with Gasteiger partial charge in [0.15, 0.2) is 0 Å². The van der Waals surface area contributed by atoms with E-state index in [0.29, 0.717) is 24.4 Å². The minimum atomic E-state index is 0.0164. The molecule has 0 aliphatic carbocycles. The number of methoxy groups -OCH3 is 1. The van der Waals surface area contributed by atoms with Gasteiger partial charge in [-0.25, -0.2) is 0 Å². The summed E-state index contributed by atoms with van der Waals surface area (Å²) in [6.07, 6.45) is 2.00. The van der Waals surface area contributed by atoms with Gasteiger partial charge in [0.2, 0.25) is 0 Å². The maximum absolute atomic E-state index is 14.3. The second-order valence-corrected chi connectivity index (χ2v) is 12.4. The molecule has 44 heavy (non-hydrogen) atoms. The molecule has 228 valence electrons. The first-order valence-electron chi connectivity index (χ1n) is 16.1. The molecule has 0 bridgehead atoms. The van der Waals surface area contributed by atoms with Crippen molar-refractivity contribution in [1.82, 2.24) is 4.90 Å². The molecule has 0 unspecified atom stereocenters. The van der Waals surface area contributed by atoms with Gasteiger partial charge in [-0.05, 0) is 85.8 Å². The fourth-order valence-corrected chi connectivity index (χ4v) is 6.68. The molecule has 0 radical (unpaired) electrons. The highest BCUT2D eigenvalue weighted by Gasteiger charge is 2.25. The van der Waals surface area contributed by atoms with E-state index in [-0.39, 0.29) is 5.91 Å². The first-order valence-corrected chi connectivity index (χ1v) is 16.1. The van der Waals surface area contributed by atoms with Crippen LogP contribution in [0.25, 0.3) is 21.5 Å². The average Bonchev–Trinajstić information content (AvgIpc) is 3.04. The number of carbonyl (C=O) groups is 1. The number of amides is 1. The Balaban J connectivity index is 1.37. The van der Waals surface area contributed by atoms with Crippen LogP contribution in [0.5, 0.6) is 5.75 Å². The summed E-state index contributed by atoms with van der Waals surface area (Å²) in [5.74, 6) is 0.640. The van der Waals surface area contributed by atoms with E-state index in [1.165, 1.54) is 27.5 Å². The number of fused-ring (bicyclic) bond motifs is 2. The van der Waals surface area contributed by atoms with Gasteiger partial charge in [0.25, 0.3) is 5.91 Å². The van der Waals surface area contributed by atoms with Crippen molar-refractivity contribution < 1.29 is 14.0 Å². The first-order chi connectivity index (χ1) is 21.3. The van der Waals surface area contributed by atoms with Gasteiger partial charge in [-0.2, -0.15) is 0 Å². The predicted octanol–water partition coefficient (Wildman–Crippen LogP) is 9.10. The lowest BCUT2D eigenvalue weighted by Crippen LogP contribution is -2.47. The molecule has 0 N–H and O–H groups in total. The van der Waals surface area contributed by atoms with Crippen molar-refractivity contribution in [2.24, 2.45) is 0 Å². The van der Waals surface area contributed by atoms with Crippen molar-refractivity contribution in [1.29, 1.82) is 0 Å². The highest BCUT2D eigenvalue weighted by atomic mass is 16.5. The third-order valence-electron chi connectivity index (χ3n) is 9.22. The summed E-state index contributed by atoms with van der Waals surface area (Å²) in [5.41, 5.74) is 5.84. The Bertz CT molecular complexity index is 1720. The van der Waals surface area contributed by atoms with Gasteiger partial charge in [0.1, 0.15) is 12.3 Å². The van der Waals surface area contributed by atoms with Gasteiger partial charge in [0.05, 0.1) is 32.3 Å². The molecule has 0 saturated carbocycles. The second kappa shape index (κ2) is 14.1. The summed E-state index contributed by atoms with van der Waals surface area (Å²) in [6.45, 7) is 14.6. The van der Waals surface area contributed by atoms with Crippen molar-refractivity contribution in [3.63, 3.8) is 0 Å². The molecule has 0 heterocycles. The molecule has 0 atom stereocenters. The zero-order chi connectivity index (χ0) is 31.1. The number of benzene rings is 5. The van der Waals surface area contributed by atoms with Crippen LogP contribution in [0, 0.1) is 13.8 Å². The Kier molecular flexibility index (Phi) is 10.0. The maximum atomic E-state index is 14.3. The van der Waals surface area contributed by atoms with Crippen molar-refractivity contribution in [3.05, 3.63) is 125 Å². The van der Waals surface area contributed by atoms with Crippen LogP contribution in [0.1, 0.15) is 59.3 Å². The molecule has 0 saturated heterocycles. The van der Waals surface area contributed by atoms with Crippen LogP contribution >= 0.6 is 0 Å². The second-order valence-electron chi connectivity index (χ2n) is 12.4. The van der Waals surface area contributed by atoms with E-state index >= 15 is 0 Å². The van der Waals surface area contributed by atoms with E-state index in [9.17, 15) is 4.79 Å². The number of hydrogen-bond acceptors (Lipinski definition) is 2. The van der Waals surface area contributed by atoms with Crippen molar-refractivity contribution in [2.45, 2.75) is 53.6 Å². The van der Waals surface area contributed by atoms with Crippen LogP contribution in [0.2, 0.25) is 0 Å². The van der Waals surface area contributed by atoms with Crippen molar-refractivity contribution in [3.8, 4) is 5.75 Å². The summed E-state index contributed by atoms with van der Waals surface area (Å²) in [4.78, 5) is 16.3. The van der Waals surface area contributed by atoms with Gasteiger partial charge < -0.3 is 14.1 Å². The summed E-state index contributed by atoms with van der Waals surface area (Å²) in [5, 5.41) is 4.52. The minimum Gasteiger partial charge on any atom is -0.496 e. The molecular weight excluding hydrogens is 540 g/mol. The largest absolute Gasteiger partial charge is 0.496 e. The van der Waals surface area contributed by atoms with Crippen LogP contribution in [0.3, 0.4) is 0 Å². The average molecular weight is 588 g/mol. The summed E-state index contributed by atoms with van der Waals surface area (Å²) < 4.78 is 6.81. The lowest BCUT2D eigenvalue weighted by atomic mass is 10.0. The SMILES string of the molecule is CC[N+](CC)(CCCCN(Cc1ccc2ccccc2c1)C(=O)c1cc2ccccc2cc1OC)Cc1cc(C)cc(C)c1. The predicted molar refractivity (Wildman–Crippen MR) is 184 cm³/mol. The van der Waals surface area contributed by atoms with E-state index < -0.39 is 0 Å². The fraction of sp³-hybridized carbons (Fsp3) is 0.325. The number of aryl methyl sites for hydroxylation is 2. The molecule has 0 fully saturated rings. The molecule has 5 rings (SSSR count). The molecule has 0 aliphatic heterocycles. The van der Waals surface area contributed by atoms with E-state index in [1.807, 2.05) is 29.2 Å². The Morgan fingerprint density at radius 2 is 1.32 bits per heavy atom. The highest BCUT2D eigenvalue weighted by molar-refractivity contribution is 6.01. The van der Waals surface area contributed by atoms with Gasteiger partial charge >= 0.3 is 0 Å². The number of carbonyl (C=O) groups excluding carboxylic acids is 1. The van der Waals surface area contributed by atoms with Gasteiger partial charge in [-0.1, -0.05) is 90.0 Å². The van der Waals surface area contributed by atoms with Crippen LogP contribution < -0.4 is 4.74 Å². The van der Waals surface area contributed by atoms with E-state index in [0.717, 1.165) is 59.8 Å². The third kappa shape index (κ3) is 7.31. The number of rotatable bonds is 13. The van der Waals surface area contributed by atoms with Crippen molar-refractivity contribution >= 4 is 27.5 Å². The standard InChI is InChI=1S/C40H47N2O2/c1-6-42(7-2,29-33-23-30(3)22-31(4)24-33)21-13-12-20-41(28-32-18-19-34-14-8-9-15-35(34)25-32)40(43)38-26-36-16-10-11-17-37(36)27-39(38)44-5/h8-11,14-19,22-27H,6-7,12-13,20-21,28-29H2,1-5H3/q+1. The molecule has 5 aromatic rings. The zero-order valence-electron chi connectivity index (χ0n) is 27.1. The van der Waals surface area contributed by atoms with Gasteiger partial charge in [0, 0.05) is 18.7 Å². The van der Waals surface area contributed by atoms with Crippen LogP contribution in [-0.4, -0.2) is 48.6 Å². The molecule has 5 aromatic carbocycles. The molecule has 0 aliphatic rings. The molecule has 4 heteroatoms. The Morgan fingerprint density at radius 1 is 0.705 bits per heavy atom. The molecular formula is C40H47N2O2+. The lowest BCUT2D eigenvalue weighted by molar-refractivity contribution is -0.938.